The van der Waals surface area contributed by atoms with Crippen molar-refractivity contribution in [1.29, 1.82) is 0 Å². The Morgan fingerprint density at radius 2 is 1.97 bits per heavy atom. The molecule has 2 amide bonds. The van der Waals surface area contributed by atoms with Gasteiger partial charge in [-0.15, -0.1) is 10.2 Å². The number of aromatic nitrogens is 2. The maximum atomic E-state index is 13.1. The van der Waals surface area contributed by atoms with Crippen molar-refractivity contribution < 1.29 is 14.0 Å². The van der Waals surface area contributed by atoms with Crippen molar-refractivity contribution in [3.05, 3.63) is 64.9 Å². The van der Waals surface area contributed by atoms with E-state index in [0.717, 1.165) is 6.42 Å². The third-order valence-electron chi connectivity index (χ3n) is 4.63. The van der Waals surface area contributed by atoms with Crippen molar-refractivity contribution in [2.45, 2.75) is 18.9 Å². The summed E-state index contributed by atoms with van der Waals surface area (Å²) in [7, 11) is 0. The number of nitrogens with one attached hydrogen (secondary N) is 1. The monoisotopic (exact) mass is 430 g/mol. The number of likely N-dealkylation sites (tertiary alicyclic amines) is 1. The Bertz CT molecular complexity index is 1060. The Morgan fingerprint density at radius 3 is 2.72 bits per heavy atom. The van der Waals surface area contributed by atoms with Gasteiger partial charge in [0.05, 0.1) is 0 Å². The molecule has 1 aliphatic rings. The molecule has 9 heteroatoms. The van der Waals surface area contributed by atoms with Gasteiger partial charge in [-0.2, -0.15) is 0 Å². The molecule has 2 aromatic carbocycles. The standard InChI is InChI=1S/C20H16ClFN4O2S/c21-14-4-1-3-13(11-14)19(28)26-10-2-5-16(26)17(27)23-20-25-24-18(29-20)12-6-8-15(22)9-7-12/h1,3-4,6-9,11,16H,2,5,10H2,(H,23,25,27). The minimum atomic E-state index is -0.584. The van der Waals surface area contributed by atoms with Crippen LogP contribution in [0, 0.1) is 5.82 Å². The predicted molar refractivity (Wildman–Crippen MR) is 109 cm³/mol. The van der Waals surface area contributed by atoms with Crippen molar-refractivity contribution in [3.8, 4) is 10.6 Å². The summed E-state index contributed by atoms with van der Waals surface area (Å²) < 4.78 is 13.1. The van der Waals surface area contributed by atoms with E-state index in [2.05, 4.69) is 15.5 Å². The molecule has 2 heterocycles. The number of carbonyl (C=O) groups is 2. The van der Waals surface area contributed by atoms with Gasteiger partial charge in [0.1, 0.15) is 16.9 Å². The van der Waals surface area contributed by atoms with Gasteiger partial charge in [0.2, 0.25) is 11.0 Å². The summed E-state index contributed by atoms with van der Waals surface area (Å²) in [5, 5.41) is 12.1. The van der Waals surface area contributed by atoms with E-state index in [1.807, 2.05) is 0 Å². The van der Waals surface area contributed by atoms with Crippen LogP contribution in [0.4, 0.5) is 9.52 Å². The number of carbonyl (C=O) groups excluding carboxylic acids is 2. The lowest BCUT2D eigenvalue weighted by atomic mass is 10.1. The number of benzene rings is 2. The van der Waals surface area contributed by atoms with Gasteiger partial charge < -0.3 is 4.90 Å². The summed E-state index contributed by atoms with van der Waals surface area (Å²) >= 11 is 7.17. The smallest absolute Gasteiger partial charge is 0.254 e. The molecule has 1 fully saturated rings. The molecule has 0 aliphatic carbocycles. The molecule has 6 nitrogen and oxygen atoms in total. The molecular weight excluding hydrogens is 415 g/mol. The van der Waals surface area contributed by atoms with Crippen LogP contribution in [0.25, 0.3) is 10.6 Å². The summed E-state index contributed by atoms with van der Waals surface area (Å²) in [5.41, 5.74) is 1.16. The van der Waals surface area contributed by atoms with E-state index < -0.39 is 6.04 Å². The van der Waals surface area contributed by atoms with Crippen molar-refractivity contribution in [1.82, 2.24) is 15.1 Å². The molecular formula is C20H16ClFN4O2S. The molecule has 148 valence electrons. The van der Waals surface area contributed by atoms with Gasteiger partial charge in [0.25, 0.3) is 5.91 Å². The van der Waals surface area contributed by atoms with E-state index in [-0.39, 0.29) is 17.6 Å². The Kier molecular flexibility index (Phi) is 5.55. The van der Waals surface area contributed by atoms with Crippen molar-refractivity contribution in [2.75, 3.05) is 11.9 Å². The number of nitrogens with zero attached hydrogens (tertiary/aromatic N) is 3. The number of hydrogen-bond acceptors (Lipinski definition) is 5. The van der Waals surface area contributed by atoms with Gasteiger partial charge in [-0.25, -0.2) is 4.39 Å². The highest BCUT2D eigenvalue weighted by molar-refractivity contribution is 7.18. The molecule has 3 aromatic rings. The van der Waals surface area contributed by atoms with Gasteiger partial charge in [0, 0.05) is 22.7 Å². The van der Waals surface area contributed by atoms with Gasteiger partial charge in [-0.1, -0.05) is 29.0 Å². The molecule has 0 spiro atoms. The second kappa shape index (κ2) is 8.26. The van der Waals surface area contributed by atoms with Crippen LogP contribution in [0.2, 0.25) is 5.02 Å². The molecule has 1 unspecified atom stereocenters. The maximum absolute atomic E-state index is 13.1. The van der Waals surface area contributed by atoms with Crippen LogP contribution in [0.3, 0.4) is 0 Å². The normalized spacial score (nSPS) is 16.1. The fourth-order valence-electron chi connectivity index (χ4n) is 3.24. The minimum Gasteiger partial charge on any atom is -0.327 e. The largest absolute Gasteiger partial charge is 0.327 e. The first-order valence-electron chi connectivity index (χ1n) is 8.98. The first kappa shape index (κ1) is 19.5. The molecule has 4 rings (SSSR count). The first-order chi connectivity index (χ1) is 14.0. The molecule has 1 aliphatic heterocycles. The highest BCUT2D eigenvalue weighted by atomic mass is 35.5. The fraction of sp³-hybridized carbons (Fsp3) is 0.200. The van der Waals surface area contributed by atoms with Crippen LogP contribution in [0.1, 0.15) is 23.2 Å². The van der Waals surface area contributed by atoms with Crippen molar-refractivity contribution in [3.63, 3.8) is 0 Å². The van der Waals surface area contributed by atoms with Crippen LogP contribution in [0.5, 0.6) is 0 Å². The van der Waals surface area contributed by atoms with Gasteiger partial charge in [-0.05, 0) is 55.3 Å². The highest BCUT2D eigenvalue weighted by Crippen LogP contribution is 2.28. The zero-order valence-corrected chi connectivity index (χ0v) is 16.7. The lowest BCUT2D eigenvalue weighted by Gasteiger charge is -2.23. The second-order valence-corrected chi connectivity index (χ2v) is 7.99. The summed E-state index contributed by atoms with van der Waals surface area (Å²) in [6, 6.07) is 12.0. The Labute approximate surface area is 175 Å². The molecule has 0 radical (unpaired) electrons. The zero-order chi connectivity index (χ0) is 20.4. The van der Waals surface area contributed by atoms with E-state index in [1.165, 1.54) is 23.5 Å². The summed E-state index contributed by atoms with van der Waals surface area (Å²) in [6.07, 6.45) is 1.31. The van der Waals surface area contributed by atoms with E-state index >= 15 is 0 Å². The summed E-state index contributed by atoms with van der Waals surface area (Å²) in [5.74, 6) is -0.869. The molecule has 29 heavy (non-hydrogen) atoms. The number of rotatable bonds is 4. The summed E-state index contributed by atoms with van der Waals surface area (Å²) in [4.78, 5) is 27.1. The van der Waals surface area contributed by atoms with Crippen molar-refractivity contribution >= 4 is 39.9 Å². The van der Waals surface area contributed by atoms with Crippen LogP contribution < -0.4 is 5.32 Å². The SMILES string of the molecule is O=C(Nc1nnc(-c2ccc(F)cc2)s1)C1CCCN1C(=O)c1cccc(Cl)c1. The predicted octanol–water partition coefficient (Wildman–Crippen LogP) is 4.24. The molecule has 1 N–H and O–H groups in total. The molecule has 0 bridgehead atoms. The third-order valence-corrected chi connectivity index (χ3v) is 5.76. The highest BCUT2D eigenvalue weighted by Gasteiger charge is 2.35. The van der Waals surface area contributed by atoms with Crippen LogP contribution >= 0.6 is 22.9 Å². The first-order valence-corrected chi connectivity index (χ1v) is 10.2. The maximum Gasteiger partial charge on any atom is 0.254 e. The van der Waals surface area contributed by atoms with Gasteiger partial charge in [-0.3, -0.25) is 14.9 Å². The number of anilines is 1. The van der Waals surface area contributed by atoms with E-state index in [0.29, 0.717) is 39.3 Å². The topological polar surface area (TPSA) is 75.2 Å². The van der Waals surface area contributed by atoms with Gasteiger partial charge >= 0.3 is 0 Å². The lowest BCUT2D eigenvalue weighted by molar-refractivity contribution is -0.119. The summed E-state index contributed by atoms with van der Waals surface area (Å²) in [6.45, 7) is 0.500. The average Bonchev–Trinajstić information content (AvgIpc) is 3.38. The third kappa shape index (κ3) is 4.28. The Balaban J connectivity index is 1.46. The Hall–Kier alpha value is -2.84. The molecule has 1 atom stereocenters. The molecule has 0 saturated carbocycles. The quantitative estimate of drug-likeness (QED) is 0.671. The number of halogens is 2. The average molecular weight is 431 g/mol. The number of hydrogen-bond donors (Lipinski definition) is 1. The van der Waals surface area contributed by atoms with Crippen LogP contribution in [-0.4, -0.2) is 39.5 Å². The molecule has 1 aromatic heterocycles. The minimum absolute atomic E-state index is 0.227. The van der Waals surface area contributed by atoms with E-state index in [9.17, 15) is 14.0 Å². The van der Waals surface area contributed by atoms with E-state index in [1.54, 1.807) is 41.3 Å². The van der Waals surface area contributed by atoms with E-state index in [4.69, 9.17) is 11.6 Å². The zero-order valence-electron chi connectivity index (χ0n) is 15.1. The second-order valence-electron chi connectivity index (χ2n) is 6.58. The number of amides is 2. The lowest BCUT2D eigenvalue weighted by Crippen LogP contribution is -2.43. The van der Waals surface area contributed by atoms with Crippen LogP contribution in [-0.2, 0) is 4.79 Å². The fourth-order valence-corrected chi connectivity index (χ4v) is 4.18. The van der Waals surface area contributed by atoms with Crippen LogP contribution in [0.15, 0.2) is 48.5 Å². The van der Waals surface area contributed by atoms with Crippen molar-refractivity contribution in [2.24, 2.45) is 0 Å². The Morgan fingerprint density at radius 1 is 1.17 bits per heavy atom. The molecule has 1 saturated heterocycles. The van der Waals surface area contributed by atoms with Gasteiger partial charge in [0.15, 0.2) is 0 Å².